The van der Waals surface area contributed by atoms with Gasteiger partial charge in [-0.25, -0.2) is 9.18 Å². The minimum Gasteiger partial charge on any atom is -0.367 e. The van der Waals surface area contributed by atoms with E-state index in [9.17, 15) is 33.2 Å². The summed E-state index contributed by atoms with van der Waals surface area (Å²) < 4.78 is 14.0. The van der Waals surface area contributed by atoms with Crippen LogP contribution in [-0.4, -0.2) is 109 Å². The number of nitrogens with zero attached hydrogens (tertiary/aromatic N) is 3. The highest BCUT2D eigenvalue weighted by atomic mass is 35.5. The van der Waals surface area contributed by atoms with Crippen LogP contribution in [-0.2, 0) is 36.8 Å². The van der Waals surface area contributed by atoms with E-state index < -0.39 is 66.7 Å². The molecule has 4 aromatic carbocycles. The fraction of sp³-hybridized carbons (Fsp3) is 0.318. The van der Waals surface area contributed by atoms with Gasteiger partial charge in [-0.2, -0.15) is 0 Å². The third-order valence-corrected chi connectivity index (χ3v) is 11.3. The summed E-state index contributed by atoms with van der Waals surface area (Å²) in [7, 11) is 0. The van der Waals surface area contributed by atoms with Crippen molar-refractivity contribution in [1.29, 1.82) is 0 Å². The van der Waals surface area contributed by atoms with Crippen molar-refractivity contribution in [2.75, 3.05) is 56.0 Å². The number of amides is 7. The van der Waals surface area contributed by atoms with Gasteiger partial charge in [0.15, 0.2) is 0 Å². The van der Waals surface area contributed by atoms with E-state index in [-0.39, 0.29) is 24.4 Å². The summed E-state index contributed by atoms with van der Waals surface area (Å²) in [5.41, 5.74) is 2.22. The highest BCUT2D eigenvalue weighted by Gasteiger charge is 2.40. The number of urea groups is 1. The molecule has 3 atom stereocenters. The number of hydrogen-bond acceptors (Lipinski definition) is 7. The van der Waals surface area contributed by atoms with Crippen LogP contribution in [0.15, 0.2) is 103 Å². The molecule has 0 bridgehead atoms. The monoisotopic (exact) mass is 872 g/mol. The van der Waals surface area contributed by atoms with Crippen molar-refractivity contribution in [3.05, 3.63) is 130 Å². The number of carbonyl (C=O) groups is 6. The molecule has 61 heavy (non-hydrogen) atoms. The van der Waals surface area contributed by atoms with E-state index in [1.165, 1.54) is 24.3 Å². The second-order valence-corrected chi connectivity index (χ2v) is 15.5. The van der Waals surface area contributed by atoms with Crippen LogP contribution in [0.4, 0.5) is 20.6 Å². The van der Waals surface area contributed by atoms with Crippen LogP contribution >= 0.6 is 23.2 Å². The molecule has 0 radical (unpaired) electrons. The van der Waals surface area contributed by atoms with Crippen molar-refractivity contribution in [2.45, 2.75) is 43.8 Å². The average molecular weight is 874 g/mol. The molecule has 320 valence electrons. The molecule has 2 aliphatic heterocycles. The van der Waals surface area contributed by atoms with E-state index >= 15 is 0 Å². The Morgan fingerprint density at radius 1 is 0.672 bits per heavy atom. The van der Waals surface area contributed by atoms with Crippen molar-refractivity contribution in [2.24, 2.45) is 0 Å². The normalized spacial score (nSPS) is 15.9. The lowest BCUT2D eigenvalue weighted by Crippen LogP contribution is -2.58. The maximum absolute atomic E-state index is 14.3. The lowest BCUT2D eigenvalue weighted by Gasteiger charge is -2.39. The van der Waals surface area contributed by atoms with E-state index in [1.807, 2.05) is 42.5 Å². The predicted octanol–water partition coefficient (Wildman–Crippen LogP) is 4.17. The van der Waals surface area contributed by atoms with Gasteiger partial charge in [0, 0.05) is 45.6 Å². The lowest BCUT2D eigenvalue weighted by molar-refractivity contribution is -0.145. The Hall–Kier alpha value is -6.19. The minimum atomic E-state index is -1.15. The molecule has 6 rings (SSSR count). The molecule has 4 aromatic rings. The maximum Gasteiger partial charge on any atom is 0.319 e. The Balaban J connectivity index is 1.07. The molecule has 14 nitrogen and oxygen atoms in total. The second kappa shape index (κ2) is 21.4. The average Bonchev–Trinajstić information content (AvgIpc) is 3.77. The highest BCUT2D eigenvalue weighted by molar-refractivity contribution is 6.43. The molecule has 0 unspecified atom stereocenters. The van der Waals surface area contributed by atoms with Crippen molar-refractivity contribution < 1.29 is 33.2 Å². The van der Waals surface area contributed by atoms with E-state index in [0.717, 1.165) is 11.3 Å². The number of carbonyl (C=O) groups excluding carboxylic acids is 6. The summed E-state index contributed by atoms with van der Waals surface area (Å²) >= 11 is 12.7. The van der Waals surface area contributed by atoms with E-state index in [2.05, 4.69) is 31.5 Å². The van der Waals surface area contributed by atoms with Crippen LogP contribution < -0.4 is 31.5 Å². The molecule has 17 heteroatoms. The molecule has 0 spiro atoms. The largest absolute Gasteiger partial charge is 0.367 e. The topological polar surface area (TPSA) is 172 Å². The van der Waals surface area contributed by atoms with Crippen LogP contribution in [0, 0.1) is 5.82 Å². The number of hydrogen-bond donors (Lipinski definition) is 5. The zero-order valence-electron chi connectivity index (χ0n) is 33.3. The van der Waals surface area contributed by atoms with Gasteiger partial charge in [0.25, 0.3) is 0 Å². The van der Waals surface area contributed by atoms with Crippen molar-refractivity contribution in [3.63, 3.8) is 0 Å². The third-order valence-electron chi connectivity index (χ3n) is 10.5. The second-order valence-electron chi connectivity index (χ2n) is 14.7. The predicted molar refractivity (Wildman–Crippen MR) is 231 cm³/mol. The first-order valence-corrected chi connectivity index (χ1v) is 20.7. The molecule has 5 N–H and O–H groups in total. The zero-order chi connectivity index (χ0) is 43.3. The summed E-state index contributed by atoms with van der Waals surface area (Å²) in [5, 5.41) is 13.5. The van der Waals surface area contributed by atoms with Gasteiger partial charge in [-0.15, -0.1) is 0 Å². The maximum atomic E-state index is 14.3. The summed E-state index contributed by atoms with van der Waals surface area (Å²) in [6.45, 7) is 1.21. The van der Waals surface area contributed by atoms with Crippen LogP contribution in [0.5, 0.6) is 0 Å². The summed E-state index contributed by atoms with van der Waals surface area (Å²) in [6, 6.07) is 25.3. The number of likely N-dealkylation sites (tertiary alicyclic amines) is 1. The summed E-state index contributed by atoms with van der Waals surface area (Å²) in [5.74, 6) is -3.27. The van der Waals surface area contributed by atoms with Gasteiger partial charge in [-0.3, -0.25) is 24.0 Å². The fourth-order valence-corrected chi connectivity index (χ4v) is 7.80. The summed E-state index contributed by atoms with van der Waals surface area (Å²) in [6.07, 6.45) is 1.29. The number of halogens is 3. The summed E-state index contributed by atoms with van der Waals surface area (Å²) in [4.78, 5) is 86.0. The number of benzene rings is 4. The lowest BCUT2D eigenvalue weighted by atomic mass is 10.0. The van der Waals surface area contributed by atoms with Gasteiger partial charge < -0.3 is 41.3 Å². The number of para-hydroxylation sites is 1. The Morgan fingerprint density at radius 2 is 1.26 bits per heavy atom. The van der Waals surface area contributed by atoms with Gasteiger partial charge in [0.2, 0.25) is 29.5 Å². The SMILES string of the molecule is O=C(CNC(=O)Nc1ccccc1F)N[C@@H](Cc1ccccc1)C(=O)NCC(=O)N[C@@H](Cc1ccccc1)C(=O)N1CCC[C@H]1C(=O)N1CCN(c2cccc(Cl)c2Cl)CC1. The molecule has 2 heterocycles. The van der Waals surface area contributed by atoms with Gasteiger partial charge in [0.05, 0.1) is 34.5 Å². The molecule has 0 aromatic heterocycles. The third kappa shape index (κ3) is 12.2. The standard InChI is InChI=1S/C44H47Cl2FN8O6/c45-31-15-9-18-36(40(31)46)53-21-23-54(24-22-53)43(60)37-19-10-20-55(37)42(59)35(26-30-13-5-2-6-14-30)51-38(56)27-48-41(58)34(25-29-11-3-1-4-12-29)50-39(57)28-49-44(61)52-33-17-8-7-16-32(33)47/h1-9,11-18,34-35,37H,10,19-28H2,(H,48,58)(H,50,57)(H,51,56)(H2,49,52,61)/t34-,35-,37-/m0/s1. The van der Waals surface area contributed by atoms with Crippen LogP contribution in [0.2, 0.25) is 10.0 Å². The smallest absolute Gasteiger partial charge is 0.319 e. The minimum absolute atomic E-state index is 0.0599. The number of rotatable bonds is 15. The molecule has 2 saturated heterocycles. The molecule has 0 aliphatic carbocycles. The molecule has 7 amide bonds. The Morgan fingerprint density at radius 3 is 1.92 bits per heavy atom. The van der Waals surface area contributed by atoms with Crippen molar-refractivity contribution >= 4 is 70.1 Å². The molecule has 2 fully saturated rings. The van der Waals surface area contributed by atoms with Gasteiger partial charge >= 0.3 is 6.03 Å². The van der Waals surface area contributed by atoms with Crippen molar-refractivity contribution in [1.82, 2.24) is 31.1 Å². The number of nitrogens with one attached hydrogen (secondary N) is 5. The van der Waals surface area contributed by atoms with Crippen LogP contribution in [0.3, 0.4) is 0 Å². The molecular weight excluding hydrogens is 826 g/mol. The number of anilines is 2. The number of piperazine rings is 1. The van der Waals surface area contributed by atoms with Crippen molar-refractivity contribution in [3.8, 4) is 0 Å². The van der Waals surface area contributed by atoms with Crippen LogP contribution in [0.1, 0.15) is 24.0 Å². The quantitative estimate of drug-likeness (QED) is 0.119. The first-order chi connectivity index (χ1) is 29.5. The molecular formula is C44H47Cl2FN8O6. The Bertz CT molecular complexity index is 2190. The van der Waals surface area contributed by atoms with E-state index in [1.54, 1.807) is 46.2 Å². The molecule has 2 aliphatic rings. The Labute approximate surface area is 363 Å². The molecule has 0 saturated carbocycles. The zero-order valence-corrected chi connectivity index (χ0v) is 34.8. The van der Waals surface area contributed by atoms with Crippen LogP contribution in [0.25, 0.3) is 0 Å². The van der Waals surface area contributed by atoms with Gasteiger partial charge in [-0.1, -0.05) is 102 Å². The van der Waals surface area contributed by atoms with E-state index in [4.69, 9.17) is 23.2 Å². The van der Waals surface area contributed by atoms with Gasteiger partial charge in [-0.05, 0) is 48.2 Å². The van der Waals surface area contributed by atoms with E-state index in [0.29, 0.717) is 61.2 Å². The highest BCUT2D eigenvalue weighted by Crippen LogP contribution is 2.33. The Kier molecular flexibility index (Phi) is 15.5. The first kappa shape index (κ1) is 44.4. The fourth-order valence-electron chi connectivity index (χ4n) is 7.38. The van der Waals surface area contributed by atoms with Gasteiger partial charge in [0.1, 0.15) is 23.9 Å². The first-order valence-electron chi connectivity index (χ1n) is 20.0.